The van der Waals surface area contributed by atoms with Gasteiger partial charge >= 0.3 is 0 Å². The van der Waals surface area contributed by atoms with Crippen molar-refractivity contribution in [3.8, 4) is 0 Å². The summed E-state index contributed by atoms with van der Waals surface area (Å²) in [5, 5.41) is 3.36. The van der Waals surface area contributed by atoms with Crippen molar-refractivity contribution in [3.63, 3.8) is 0 Å². The Bertz CT molecular complexity index is 366. The highest BCUT2D eigenvalue weighted by atomic mass is 14.9. The second-order valence-corrected chi connectivity index (χ2v) is 4.62. The Kier molecular flexibility index (Phi) is 5.82. The van der Waals surface area contributed by atoms with E-state index in [0.717, 1.165) is 25.8 Å². The lowest BCUT2D eigenvalue weighted by molar-refractivity contribution is 0.789. The van der Waals surface area contributed by atoms with Crippen LogP contribution in [0.1, 0.15) is 50.3 Å². The van der Waals surface area contributed by atoms with Crippen LogP contribution in [0.5, 0.6) is 0 Å². The maximum Gasteiger partial charge on any atom is 0.0400 e. The fourth-order valence-corrected chi connectivity index (χ4v) is 1.90. The smallest absolute Gasteiger partial charge is 0.0400 e. The van der Waals surface area contributed by atoms with Crippen LogP contribution in [0.25, 0.3) is 0 Å². The monoisotopic (exact) mass is 231 g/mol. The zero-order valence-electron chi connectivity index (χ0n) is 11.5. The topological polar surface area (TPSA) is 12.0 Å². The van der Waals surface area contributed by atoms with Gasteiger partial charge in [-0.3, -0.25) is 0 Å². The zero-order chi connectivity index (χ0) is 12.7. The highest BCUT2D eigenvalue weighted by Gasteiger charge is 2.08. The first-order chi connectivity index (χ1) is 8.21. The lowest BCUT2D eigenvalue weighted by Gasteiger charge is -2.07. The van der Waals surface area contributed by atoms with Gasteiger partial charge in [0, 0.05) is 12.2 Å². The average Bonchev–Trinajstić information content (AvgIpc) is 2.52. The summed E-state index contributed by atoms with van der Waals surface area (Å²) in [5.41, 5.74) is 5.52. The summed E-state index contributed by atoms with van der Waals surface area (Å²) in [6, 6.07) is 6.84. The van der Waals surface area contributed by atoms with Crippen molar-refractivity contribution < 1.29 is 0 Å². The molecule has 0 bridgehead atoms. The fraction of sp³-hybridized carbons (Fsp3) is 0.500. The molecule has 0 aliphatic carbocycles. The highest BCUT2D eigenvalue weighted by Crippen LogP contribution is 2.19. The van der Waals surface area contributed by atoms with Crippen LogP contribution in [0.4, 0.5) is 0 Å². The van der Waals surface area contributed by atoms with Crippen LogP contribution >= 0.6 is 0 Å². The molecule has 0 saturated heterocycles. The summed E-state index contributed by atoms with van der Waals surface area (Å²) in [5.74, 6) is 0. The largest absolute Gasteiger partial charge is 0.385 e. The van der Waals surface area contributed by atoms with Crippen LogP contribution in [-0.4, -0.2) is 0 Å². The van der Waals surface area contributed by atoms with Crippen molar-refractivity contribution >= 4 is 0 Å². The Morgan fingerprint density at radius 3 is 2.47 bits per heavy atom. The van der Waals surface area contributed by atoms with Gasteiger partial charge in [-0.05, 0) is 36.0 Å². The van der Waals surface area contributed by atoms with Crippen LogP contribution in [0.2, 0.25) is 0 Å². The van der Waals surface area contributed by atoms with Gasteiger partial charge in [-0.1, -0.05) is 52.0 Å². The van der Waals surface area contributed by atoms with Crippen molar-refractivity contribution in [2.75, 3.05) is 0 Å². The van der Waals surface area contributed by atoms with Crippen molar-refractivity contribution in [1.29, 1.82) is 0 Å². The Hall–Kier alpha value is -1.24. The minimum absolute atomic E-state index is 0.946. The zero-order valence-corrected chi connectivity index (χ0v) is 11.5. The van der Waals surface area contributed by atoms with Crippen molar-refractivity contribution in [1.82, 2.24) is 5.32 Å². The first kappa shape index (κ1) is 13.8. The van der Waals surface area contributed by atoms with E-state index in [2.05, 4.69) is 50.9 Å². The summed E-state index contributed by atoms with van der Waals surface area (Å²) >= 11 is 0. The maximum absolute atomic E-state index is 3.99. The molecule has 1 N–H and O–H groups in total. The van der Waals surface area contributed by atoms with E-state index < -0.39 is 0 Å². The van der Waals surface area contributed by atoms with Gasteiger partial charge in [-0.2, -0.15) is 0 Å². The molecule has 1 aromatic rings. The Balaban J connectivity index is 0.000000437. The van der Waals surface area contributed by atoms with Gasteiger partial charge in [0.05, 0.1) is 0 Å². The minimum atomic E-state index is 0.946. The number of rotatable bonds is 1. The fourth-order valence-electron chi connectivity index (χ4n) is 1.90. The van der Waals surface area contributed by atoms with Crippen molar-refractivity contribution in [3.05, 3.63) is 47.2 Å². The van der Waals surface area contributed by atoms with Crippen LogP contribution < -0.4 is 5.32 Å². The summed E-state index contributed by atoms with van der Waals surface area (Å²) < 4.78 is 0. The molecule has 0 aromatic heterocycles. The molecular weight excluding hydrogens is 206 g/mol. The third-order valence-corrected chi connectivity index (χ3v) is 2.90. The number of nitrogens with one attached hydrogen (secondary N) is 1. The quantitative estimate of drug-likeness (QED) is 0.763. The third kappa shape index (κ3) is 4.26. The Morgan fingerprint density at radius 1 is 1.12 bits per heavy atom. The molecule has 1 nitrogen and oxygen atoms in total. The highest BCUT2D eigenvalue weighted by molar-refractivity contribution is 5.34. The predicted octanol–water partition coefficient (Wildman–Crippen LogP) is 4.21. The Morgan fingerprint density at radius 2 is 1.82 bits per heavy atom. The van der Waals surface area contributed by atoms with Crippen LogP contribution in [-0.2, 0) is 19.4 Å². The third-order valence-electron chi connectivity index (χ3n) is 2.90. The van der Waals surface area contributed by atoms with Gasteiger partial charge in [-0.15, -0.1) is 0 Å². The van der Waals surface area contributed by atoms with Gasteiger partial charge in [0.25, 0.3) is 0 Å². The first-order valence-electron chi connectivity index (χ1n) is 6.73. The summed E-state index contributed by atoms with van der Waals surface area (Å²) in [4.78, 5) is 0. The number of hydrogen-bond donors (Lipinski definition) is 1. The lowest BCUT2D eigenvalue weighted by atomic mass is 10.0. The Labute approximate surface area is 106 Å². The molecule has 0 unspecified atom stereocenters. The van der Waals surface area contributed by atoms with Crippen molar-refractivity contribution in [2.24, 2.45) is 0 Å². The van der Waals surface area contributed by atoms with Crippen molar-refractivity contribution in [2.45, 2.75) is 53.0 Å². The molecule has 1 aliphatic heterocycles. The molecule has 1 aromatic carbocycles. The van der Waals surface area contributed by atoms with Gasteiger partial charge in [0.15, 0.2) is 0 Å². The second kappa shape index (κ2) is 7.16. The van der Waals surface area contributed by atoms with Crippen LogP contribution in [0.15, 0.2) is 30.5 Å². The van der Waals surface area contributed by atoms with Gasteiger partial charge in [-0.25, -0.2) is 0 Å². The average molecular weight is 231 g/mol. The SMILES string of the molecule is C=C1CCc2ccc(CC)cc2CN1.CCC. The molecular formula is C16H25N. The second-order valence-electron chi connectivity index (χ2n) is 4.62. The maximum atomic E-state index is 3.99. The molecule has 0 amide bonds. The first-order valence-corrected chi connectivity index (χ1v) is 6.73. The van der Waals surface area contributed by atoms with Gasteiger partial charge in [0.1, 0.15) is 0 Å². The van der Waals surface area contributed by atoms with E-state index in [1.54, 1.807) is 0 Å². The predicted molar refractivity (Wildman–Crippen MR) is 76.1 cm³/mol. The number of aryl methyl sites for hydroxylation is 2. The van der Waals surface area contributed by atoms with Crippen LogP contribution in [0.3, 0.4) is 0 Å². The van der Waals surface area contributed by atoms with E-state index >= 15 is 0 Å². The normalized spacial score (nSPS) is 13.9. The van der Waals surface area contributed by atoms with Gasteiger partial charge in [0.2, 0.25) is 0 Å². The molecule has 0 spiro atoms. The molecule has 94 valence electrons. The van der Waals surface area contributed by atoms with E-state index in [-0.39, 0.29) is 0 Å². The summed E-state index contributed by atoms with van der Waals surface area (Å²) in [6.45, 7) is 11.4. The number of allylic oxidation sites excluding steroid dienone is 1. The van der Waals surface area contributed by atoms with E-state index in [9.17, 15) is 0 Å². The van der Waals surface area contributed by atoms with E-state index in [4.69, 9.17) is 0 Å². The molecule has 17 heavy (non-hydrogen) atoms. The minimum Gasteiger partial charge on any atom is -0.385 e. The molecule has 0 saturated carbocycles. The number of hydrogen-bond acceptors (Lipinski definition) is 1. The van der Waals surface area contributed by atoms with E-state index in [1.165, 1.54) is 28.8 Å². The molecule has 0 fully saturated rings. The summed E-state index contributed by atoms with van der Waals surface area (Å²) in [7, 11) is 0. The molecule has 0 atom stereocenters. The molecule has 1 aliphatic rings. The molecule has 1 heterocycles. The van der Waals surface area contributed by atoms with Crippen LogP contribution in [0, 0.1) is 0 Å². The number of benzene rings is 1. The van der Waals surface area contributed by atoms with E-state index in [1.807, 2.05) is 0 Å². The lowest BCUT2D eigenvalue weighted by Crippen LogP contribution is -2.09. The van der Waals surface area contributed by atoms with Gasteiger partial charge < -0.3 is 5.32 Å². The molecule has 0 radical (unpaired) electrons. The van der Waals surface area contributed by atoms with E-state index in [0.29, 0.717) is 0 Å². The molecule has 2 rings (SSSR count). The number of fused-ring (bicyclic) bond motifs is 1. The standard InChI is InChI=1S/C13H17N.C3H8/c1-3-11-5-7-12-6-4-10(2)14-9-13(12)8-11;1-3-2/h5,7-8,14H,2-4,6,9H2,1H3;3H2,1-2H3. The summed E-state index contributed by atoms with van der Waals surface area (Å²) in [6.07, 6.45) is 4.57. The molecule has 1 heteroatoms.